The lowest BCUT2D eigenvalue weighted by atomic mass is 9.95. The first-order valence-corrected chi connectivity index (χ1v) is 10.5. The van der Waals surface area contributed by atoms with Crippen LogP contribution in [0.1, 0.15) is 29.7 Å². The predicted octanol–water partition coefficient (Wildman–Crippen LogP) is 5.77. The maximum atomic E-state index is 13.1. The van der Waals surface area contributed by atoms with Crippen molar-refractivity contribution in [2.24, 2.45) is 0 Å². The van der Waals surface area contributed by atoms with Crippen LogP contribution >= 0.6 is 0 Å². The normalized spacial score (nSPS) is 17.8. The SMILES string of the molecule is CCc1ccc(/C(O)=C2\C(=O)C(=O)N(c3ccc(OC(F)(F)F)cc3)C2c2ccccc2)cc1. The molecule has 3 aromatic carbocycles. The fourth-order valence-electron chi connectivity index (χ4n) is 3.91. The van der Waals surface area contributed by atoms with Crippen LogP contribution in [-0.2, 0) is 16.0 Å². The lowest BCUT2D eigenvalue weighted by Gasteiger charge is -2.25. The quantitative estimate of drug-likeness (QED) is 0.294. The predicted molar refractivity (Wildman–Crippen MR) is 120 cm³/mol. The van der Waals surface area contributed by atoms with E-state index in [1.54, 1.807) is 42.5 Å². The number of anilines is 1. The van der Waals surface area contributed by atoms with Crippen LogP contribution < -0.4 is 9.64 Å². The average molecular weight is 467 g/mol. The molecule has 1 aliphatic heterocycles. The molecular formula is C26H20F3NO4. The number of alkyl halides is 3. The first kappa shape index (κ1) is 23.1. The van der Waals surface area contributed by atoms with Crippen molar-refractivity contribution in [2.75, 3.05) is 4.90 Å². The molecule has 1 aliphatic rings. The van der Waals surface area contributed by atoms with E-state index >= 15 is 0 Å². The summed E-state index contributed by atoms with van der Waals surface area (Å²) < 4.78 is 41.5. The minimum absolute atomic E-state index is 0.101. The molecule has 1 fully saturated rings. The maximum Gasteiger partial charge on any atom is 0.573 e. The van der Waals surface area contributed by atoms with Crippen LogP contribution in [0.15, 0.2) is 84.4 Å². The Morgan fingerprint density at radius 1 is 0.941 bits per heavy atom. The van der Waals surface area contributed by atoms with Crippen molar-refractivity contribution < 1.29 is 32.6 Å². The smallest absolute Gasteiger partial charge is 0.507 e. The van der Waals surface area contributed by atoms with Gasteiger partial charge >= 0.3 is 6.36 Å². The molecular weight excluding hydrogens is 447 g/mol. The molecule has 34 heavy (non-hydrogen) atoms. The zero-order chi connectivity index (χ0) is 24.5. The molecule has 3 aromatic rings. The van der Waals surface area contributed by atoms with Crippen molar-refractivity contribution in [3.63, 3.8) is 0 Å². The van der Waals surface area contributed by atoms with Crippen LogP contribution in [0.3, 0.4) is 0 Å². The molecule has 1 amide bonds. The molecule has 0 spiro atoms. The summed E-state index contributed by atoms with van der Waals surface area (Å²) in [5, 5.41) is 11.1. The number of ether oxygens (including phenoxy) is 1. The van der Waals surface area contributed by atoms with Gasteiger partial charge in [-0.25, -0.2) is 0 Å². The lowest BCUT2D eigenvalue weighted by molar-refractivity contribution is -0.274. The number of ketones is 1. The summed E-state index contributed by atoms with van der Waals surface area (Å²) in [6.45, 7) is 1.99. The number of nitrogens with zero attached hydrogens (tertiary/aromatic N) is 1. The zero-order valence-corrected chi connectivity index (χ0v) is 18.0. The van der Waals surface area contributed by atoms with Gasteiger partial charge in [-0.05, 0) is 41.8 Å². The van der Waals surface area contributed by atoms with Crippen LogP contribution in [0.2, 0.25) is 0 Å². The molecule has 1 heterocycles. The summed E-state index contributed by atoms with van der Waals surface area (Å²) in [5.74, 6) is -2.57. The number of hydrogen-bond acceptors (Lipinski definition) is 4. The third-order valence-electron chi connectivity index (χ3n) is 5.54. The van der Waals surface area contributed by atoms with Crippen LogP contribution in [0.25, 0.3) is 5.76 Å². The molecule has 8 heteroatoms. The largest absolute Gasteiger partial charge is 0.573 e. The van der Waals surface area contributed by atoms with Crippen LogP contribution in [0, 0.1) is 0 Å². The third-order valence-corrected chi connectivity index (χ3v) is 5.54. The van der Waals surface area contributed by atoms with Crippen LogP contribution in [0.5, 0.6) is 5.75 Å². The Kier molecular flexibility index (Phi) is 6.15. The lowest BCUT2D eigenvalue weighted by Crippen LogP contribution is -2.29. The van der Waals surface area contributed by atoms with Crippen molar-refractivity contribution in [2.45, 2.75) is 25.7 Å². The number of rotatable bonds is 5. The number of Topliss-reactive ketones (excluding diaryl/α,β-unsaturated/α-hetero) is 1. The van der Waals surface area contributed by atoms with Gasteiger partial charge in [-0.1, -0.05) is 61.5 Å². The van der Waals surface area contributed by atoms with Gasteiger partial charge in [0, 0.05) is 11.3 Å². The summed E-state index contributed by atoms with van der Waals surface area (Å²) in [6, 6.07) is 19.3. The van der Waals surface area contributed by atoms with Crippen molar-refractivity contribution >= 4 is 23.1 Å². The molecule has 4 rings (SSSR count). The fraction of sp³-hybridized carbons (Fsp3) is 0.154. The second kappa shape index (κ2) is 9.05. The minimum Gasteiger partial charge on any atom is -0.507 e. The number of amides is 1. The molecule has 174 valence electrons. The molecule has 0 aromatic heterocycles. The van der Waals surface area contributed by atoms with E-state index < -0.39 is 29.8 Å². The van der Waals surface area contributed by atoms with Gasteiger partial charge in [0.1, 0.15) is 11.5 Å². The van der Waals surface area contributed by atoms with Crippen molar-refractivity contribution in [1.82, 2.24) is 0 Å². The van der Waals surface area contributed by atoms with Gasteiger partial charge in [0.05, 0.1) is 11.6 Å². The highest BCUT2D eigenvalue weighted by atomic mass is 19.4. The molecule has 0 saturated carbocycles. The summed E-state index contributed by atoms with van der Waals surface area (Å²) >= 11 is 0. The van der Waals surface area contributed by atoms with Crippen LogP contribution in [-0.4, -0.2) is 23.2 Å². The molecule has 1 saturated heterocycles. The topological polar surface area (TPSA) is 66.8 Å². The van der Waals surface area contributed by atoms with Crippen molar-refractivity contribution in [3.05, 3.63) is 101 Å². The van der Waals surface area contributed by atoms with Gasteiger partial charge in [-0.2, -0.15) is 0 Å². The highest BCUT2D eigenvalue weighted by Crippen LogP contribution is 2.42. The summed E-state index contributed by atoms with van der Waals surface area (Å²) in [5.41, 5.74) is 2.06. The minimum atomic E-state index is -4.86. The number of aliphatic hydroxyl groups excluding tert-OH is 1. The molecule has 0 bridgehead atoms. The summed E-state index contributed by atoms with van der Waals surface area (Å²) in [4.78, 5) is 27.3. The standard InChI is InChI=1S/C26H20F3NO4/c1-2-16-8-10-18(11-9-16)23(31)21-22(17-6-4-3-5-7-17)30(25(33)24(21)32)19-12-14-20(15-13-19)34-26(27,28)29/h3-15,22,31H,2H2,1H3/b23-21+. The summed E-state index contributed by atoms with van der Waals surface area (Å²) in [7, 11) is 0. The number of aryl methyl sites for hydroxylation is 1. The molecule has 5 nitrogen and oxygen atoms in total. The second-order valence-electron chi connectivity index (χ2n) is 7.67. The Labute approximate surface area is 193 Å². The first-order chi connectivity index (χ1) is 16.2. The van der Waals surface area contributed by atoms with Gasteiger partial charge in [0.2, 0.25) is 0 Å². The van der Waals surface area contributed by atoms with E-state index in [0.29, 0.717) is 11.1 Å². The van der Waals surface area contributed by atoms with Crippen molar-refractivity contribution in [3.8, 4) is 5.75 Å². The summed E-state index contributed by atoms with van der Waals surface area (Å²) in [6.07, 6.45) is -4.06. The monoisotopic (exact) mass is 467 g/mol. The average Bonchev–Trinajstić information content (AvgIpc) is 3.09. The van der Waals surface area contributed by atoms with Gasteiger partial charge in [0.25, 0.3) is 11.7 Å². The molecule has 1 N–H and O–H groups in total. The van der Waals surface area contributed by atoms with E-state index in [1.165, 1.54) is 17.0 Å². The van der Waals surface area contributed by atoms with Gasteiger partial charge in [0.15, 0.2) is 0 Å². The molecule has 0 radical (unpaired) electrons. The van der Waals surface area contributed by atoms with E-state index in [2.05, 4.69) is 4.74 Å². The van der Waals surface area contributed by atoms with E-state index in [1.807, 2.05) is 19.1 Å². The van der Waals surface area contributed by atoms with Gasteiger partial charge < -0.3 is 9.84 Å². The third kappa shape index (κ3) is 4.52. The van der Waals surface area contributed by atoms with E-state index in [4.69, 9.17) is 0 Å². The van der Waals surface area contributed by atoms with E-state index in [0.717, 1.165) is 24.1 Å². The Balaban J connectivity index is 1.82. The number of carbonyl (C=O) groups is 2. The Morgan fingerprint density at radius 3 is 2.12 bits per heavy atom. The van der Waals surface area contributed by atoms with Crippen molar-refractivity contribution in [1.29, 1.82) is 0 Å². The molecule has 1 unspecified atom stereocenters. The number of aliphatic hydroxyl groups is 1. The van der Waals surface area contributed by atoms with E-state index in [9.17, 15) is 27.9 Å². The second-order valence-corrected chi connectivity index (χ2v) is 7.67. The Hall–Kier alpha value is -4.07. The number of benzene rings is 3. The van der Waals surface area contributed by atoms with Gasteiger partial charge in [-0.3, -0.25) is 14.5 Å². The number of carbonyl (C=O) groups excluding carboxylic acids is 2. The first-order valence-electron chi connectivity index (χ1n) is 10.5. The Morgan fingerprint density at radius 2 is 1.56 bits per heavy atom. The molecule has 1 atom stereocenters. The highest BCUT2D eigenvalue weighted by molar-refractivity contribution is 6.51. The van der Waals surface area contributed by atoms with Crippen LogP contribution in [0.4, 0.5) is 18.9 Å². The van der Waals surface area contributed by atoms with Gasteiger partial charge in [-0.15, -0.1) is 13.2 Å². The number of halogens is 3. The Bertz CT molecular complexity index is 1230. The van der Waals surface area contributed by atoms with E-state index in [-0.39, 0.29) is 17.0 Å². The number of hydrogen-bond donors (Lipinski definition) is 1. The fourth-order valence-corrected chi connectivity index (χ4v) is 3.91. The zero-order valence-electron chi connectivity index (χ0n) is 18.0. The highest BCUT2D eigenvalue weighted by Gasteiger charge is 2.47. The maximum absolute atomic E-state index is 13.1. The molecule has 0 aliphatic carbocycles.